The van der Waals surface area contributed by atoms with E-state index in [4.69, 9.17) is 9.47 Å². The van der Waals surface area contributed by atoms with E-state index in [2.05, 4.69) is 10.6 Å². The molecule has 0 radical (unpaired) electrons. The summed E-state index contributed by atoms with van der Waals surface area (Å²) in [7, 11) is 1.60. The minimum Gasteiger partial charge on any atom is -0.466 e. The predicted molar refractivity (Wildman–Crippen MR) is 78.3 cm³/mol. The van der Waals surface area contributed by atoms with Gasteiger partial charge in [-0.05, 0) is 38.0 Å². The fraction of sp³-hybridized carbons (Fsp3) is 0.467. The molecule has 2 N–H and O–H groups in total. The summed E-state index contributed by atoms with van der Waals surface area (Å²) in [5, 5.41) is 5.42. The summed E-state index contributed by atoms with van der Waals surface area (Å²) < 4.78 is 10.6. The Labute approximate surface area is 123 Å². The van der Waals surface area contributed by atoms with Gasteiger partial charge in [0.25, 0.3) is 17.4 Å². The number of carbonyl (C=O) groups excluding carboxylic acids is 2. The molecule has 2 rings (SSSR count). The van der Waals surface area contributed by atoms with Crippen LogP contribution in [0.5, 0.6) is 5.75 Å². The number of carbonyl (C=O) groups is 2. The molecule has 0 aromatic heterocycles. The third kappa shape index (κ3) is 3.16. The van der Waals surface area contributed by atoms with E-state index in [1.54, 1.807) is 13.2 Å². The fourth-order valence-corrected chi connectivity index (χ4v) is 2.07. The van der Waals surface area contributed by atoms with Crippen LogP contribution in [0.15, 0.2) is 18.2 Å². The lowest BCUT2D eigenvalue weighted by Gasteiger charge is -2.33. The highest BCUT2D eigenvalue weighted by Crippen LogP contribution is 2.34. The number of fused-ring (bicyclic) bond motifs is 1. The monoisotopic (exact) mass is 292 g/mol. The first-order valence-corrected chi connectivity index (χ1v) is 6.86. The molecule has 114 valence electrons. The highest BCUT2D eigenvalue weighted by Gasteiger charge is 2.47. The molecule has 0 bridgehead atoms. The van der Waals surface area contributed by atoms with Gasteiger partial charge in [-0.3, -0.25) is 9.59 Å². The van der Waals surface area contributed by atoms with E-state index in [0.717, 1.165) is 5.56 Å². The van der Waals surface area contributed by atoms with Gasteiger partial charge in [-0.2, -0.15) is 0 Å². The minimum absolute atomic E-state index is 0.430. The number of methoxy groups -OCH3 is 1. The SMILES string of the molecule is COCCCNC(=O)C1(C)Oc2ccc(C)cc2NC1=O. The van der Waals surface area contributed by atoms with Gasteiger partial charge in [0.15, 0.2) is 0 Å². The maximum atomic E-state index is 12.2. The Morgan fingerprint density at radius 2 is 2.24 bits per heavy atom. The number of ether oxygens (including phenoxy) is 2. The number of amides is 2. The molecular formula is C15H20N2O4. The summed E-state index contributed by atoms with van der Waals surface area (Å²) >= 11 is 0. The van der Waals surface area contributed by atoms with Crippen LogP contribution in [0.3, 0.4) is 0 Å². The molecule has 0 spiro atoms. The van der Waals surface area contributed by atoms with Gasteiger partial charge in [0.1, 0.15) is 5.75 Å². The van der Waals surface area contributed by atoms with Crippen LogP contribution in [0.2, 0.25) is 0 Å². The lowest BCUT2D eigenvalue weighted by molar-refractivity contribution is -0.146. The number of aryl methyl sites for hydroxylation is 1. The third-order valence-electron chi connectivity index (χ3n) is 3.37. The van der Waals surface area contributed by atoms with E-state index in [1.165, 1.54) is 6.92 Å². The lowest BCUT2D eigenvalue weighted by atomic mass is 10.0. The minimum atomic E-state index is -1.56. The topological polar surface area (TPSA) is 76.7 Å². The Balaban J connectivity index is 2.10. The van der Waals surface area contributed by atoms with E-state index in [1.807, 2.05) is 19.1 Å². The normalized spacial score (nSPS) is 20.2. The zero-order valence-corrected chi connectivity index (χ0v) is 12.5. The number of hydrogen-bond acceptors (Lipinski definition) is 4. The van der Waals surface area contributed by atoms with E-state index in [0.29, 0.717) is 31.0 Å². The van der Waals surface area contributed by atoms with Gasteiger partial charge in [-0.15, -0.1) is 0 Å². The van der Waals surface area contributed by atoms with Crippen molar-refractivity contribution in [1.82, 2.24) is 5.32 Å². The maximum absolute atomic E-state index is 12.2. The second kappa shape index (κ2) is 6.13. The smallest absolute Gasteiger partial charge is 0.278 e. The van der Waals surface area contributed by atoms with Crippen LogP contribution in [0.25, 0.3) is 0 Å². The summed E-state index contributed by atoms with van der Waals surface area (Å²) in [4.78, 5) is 24.4. The van der Waals surface area contributed by atoms with Crippen molar-refractivity contribution in [1.29, 1.82) is 0 Å². The Kier molecular flexibility index (Phi) is 4.47. The fourth-order valence-electron chi connectivity index (χ4n) is 2.07. The molecule has 0 saturated carbocycles. The molecule has 1 aromatic rings. The molecule has 6 nitrogen and oxygen atoms in total. The molecule has 0 aliphatic carbocycles. The molecular weight excluding hydrogens is 272 g/mol. The van der Waals surface area contributed by atoms with E-state index in [9.17, 15) is 9.59 Å². The van der Waals surface area contributed by atoms with Crippen molar-refractivity contribution < 1.29 is 19.1 Å². The standard InChI is InChI=1S/C15H20N2O4/c1-10-5-6-12-11(9-10)17-14(19)15(2,21-12)13(18)16-7-4-8-20-3/h5-6,9H,4,7-8H2,1-3H3,(H,16,18)(H,17,19). The zero-order valence-electron chi connectivity index (χ0n) is 12.5. The molecule has 1 atom stereocenters. The highest BCUT2D eigenvalue weighted by molar-refractivity contribution is 6.15. The first-order valence-electron chi connectivity index (χ1n) is 6.86. The van der Waals surface area contributed by atoms with Gasteiger partial charge in [0, 0.05) is 20.3 Å². The number of benzene rings is 1. The van der Waals surface area contributed by atoms with Crippen LogP contribution in [0.1, 0.15) is 18.9 Å². The zero-order chi connectivity index (χ0) is 15.5. The van der Waals surface area contributed by atoms with Crippen LogP contribution in [0, 0.1) is 6.92 Å². The highest BCUT2D eigenvalue weighted by atomic mass is 16.5. The average molecular weight is 292 g/mol. The van der Waals surface area contributed by atoms with Crippen LogP contribution in [-0.2, 0) is 14.3 Å². The lowest BCUT2D eigenvalue weighted by Crippen LogP contribution is -2.58. The molecule has 0 saturated heterocycles. The Hall–Kier alpha value is -2.08. The third-order valence-corrected chi connectivity index (χ3v) is 3.37. The van der Waals surface area contributed by atoms with Gasteiger partial charge in [0.2, 0.25) is 0 Å². The predicted octanol–water partition coefficient (Wildman–Crippen LogP) is 1.24. The Morgan fingerprint density at radius 1 is 1.48 bits per heavy atom. The largest absolute Gasteiger partial charge is 0.466 e. The molecule has 1 unspecified atom stereocenters. The van der Waals surface area contributed by atoms with Gasteiger partial charge in [-0.25, -0.2) is 0 Å². The molecule has 0 fully saturated rings. The van der Waals surface area contributed by atoms with E-state index in [-0.39, 0.29) is 0 Å². The van der Waals surface area contributed by atoms with Crippen LogP contribution < -0.4 is 15.4 Å². The van der Waals surface area contributed by atoms with Crippen molar-refractivity contribution in [2.24, 2.45) is 0 Å². The van der Waals surface area contributed by atoms with Gasteiger partial charge < -0.3 is 20.1 Å². The summed E-state index contributed by atoms with van der Waals surface area (Å²) in [6, 6.07) is 5.43. The average Bonchev–Trinajstić information content (AvgIpc) is 2.45. The van der Waals surface area contributed by atoms with Crippen molar-refractivity contribution in [3.05, 3.63) is 23.8 Å². The summed E-state index contributed by atoms with van der Waals surface area (Å²) in [5.74, 6) is -0.429. The molecule has 1 aliphatic heterocycles. The molecule has 1 heterocycles. The number of nitrogens with one attached hydrogen (secondary N) is 2. The summed E-state index contributed by atoms with van der Waals surface area (Å²) in [6.07, 6.45) is 0.676. The molecule has 1 aromatic carbocycles. The molecule has 21 heavy (non-hydrogen) atoms. The van der Waals surface area contributed by atoms with Crippen molar-refractivity contribution >= 4 is 17.5 Å². The maximum Gasteiger partial charge on any atom is 0.278 e. The van der Waals surface area contributed by atoms with E-state index >= 15 is 0 Å². The van der Waals surface area contributed by atoms with Crippen molar-refractivity contribution in [3.63, 3.8) is 0 Å². The number of hydrogen-bond donors (Lipinski definition) is 2. The van der Waals surface area contributed by atoms with Crippen molar-refractivity contribution in [2.45, 2.75) is 25.9 Å². The van der Waals surface area contributed by atoms with Gasteiger partial charge in [-0.1, -0.05) is 6.07 Å². The first-order chi connectivity index (χ1) is 9.97. The summed E-state index contributed by atoms with van der Waals surface area (Å²) in [6.45, 7) is 4.37. The van der Waals surface area contributed by atoms with Crippen molar-refractivity contribution in [3.8, 4) is 5.75 Å². The Bertz CT molecular complexity index is 559. The van der Waals surface area contributed by atoms with Crippen LogP contribution in [0.4, 0.5) is 5.69 Å². The summed E-state index contributed by atoms with van der Waals surface area (Å²) in [5.41, 5.74) is 0.0323. The second-order valence-corrected chi connectivity index (χ2v) is 5.19. The van der Waals surface area contributed by atoms with Gasteiger partial charge in [0.05, 0.1) is 5.69 Å². The quantitative estimate of drug-likeness (QED) is 0.632. The molecule has 1 aliphatic rings. The first kappa shape index (κ1) is 15.3. The van der Waals surface area contributed by atoms with Crippen LogP contribution in [-0.4, -0.2) is 37.7 Å². The van der Waals surface area contributed by atoms with E-state index < -0.39 is 17.4 Å². The number of anilines is 1. The second-order valence-electron chi connectivity index (χ2n) is 5.19. The molecule has 2 amide bonds. The Morgan fingerprint density at radius 3 is 2.95 bits per heavy atom. The number of rotatable bonds is 5. The van der Waals surface area contributed by atoms with Crippen molar-refractivity contribution in [2.75, 3.05) is 25.6 Å². The molecule has 6 heteroatoms. The van der Waals surface area contributed by atoms with Gasteiger partial charge >= 0.3 is 0 Å². The van der Waals surface area contributed by atoms with Crippen LogP contribution >= 0.6 is 0 Å².